The number of thiazole rings is 1. The molecule has 28 heavy (non-hydrogen) atoms. The van der Waals surface area contributed by atoms with Gasteiger partial charge in [-0.05, 0) is 37.1 Å². The van der Waals surface area contributed by atoms with Crippen molar-refractivity contribution in [1.29, 1.82) is 0 Å². The molecule has 7 heteroatoms. The zero-order valence-corrected chi connectivity index (χ0v) is 16.2. The normalized spacial score (nSPS) is 16.1. The first-order valence-corrected chi connectivity index (χ1v) is 10.1. The van der Waals surface area contributed by atoms with Crippen molar-refractivity contribution in [2.24, 2.45) is 0 Å². The summed E-state index contributed by atoms with van der Waals surface area (Å²) in [7, 11) is 0. The predicted molar refractivity (Wildman–Crippen MR) is 109 cm³/mol. The molecule has 1 aromatic carbocycles. The Balaban J connectivity index is 1.32. The molecule has 144 valence electrons. The van der Waals surface area contributed by atoms with E-state index in [1.165, 1.54) is 11.3 Å². The van der Waals surface area contributed by atoms with Crippen molar-refractivity contribution in [3.63, 3.8) is 0 Å². The number of hydrogen-bond donors (Lipinski definition) is 1. The zero-order valence-electron chi connectivity index (χ0n) is 15.3. The molecule has 0 radical (unpaired) electrons. The molecule has 1 fully saturated rings. The monoisotopic (exact) mass is 395 g/mol. The maximum absolute atomic E-state index is 12.4. The van der Waals surface area contributed by atoms with Crippen LogP contribution in [0.3, 0.4) is 0 Å². The van der Waals surface area contributed by atoms with Crippen molar-refractivity contribution in [3.8, 4) is 16.3 Å². The number of amides is 1. The maximum atomic E-state index is 12.4. The van der Waals surface area contributed by atoms with Crippen molar-refractivity contribution in [3.05, 3.63) is 59.9 Å². The van der Waals surface area contributed by atoms with E-state index >= 15 is 0 Å². The molecule has 1 saturated heterocycles. The van der Waals surface area contributed by atoms with Gasteiger partial charge < -0.3 is 14.8 Å². The number of ether oxygens (including phenoxy) is 2. The molecule has 3 heterocycles. The van der Waals surface area contributed by atoms with Crippen LogP contribution in [0.1, 0.15) is 18.5 Å². The number of aromatic nitrogens is 2. The Morgan fingerprint density at radius 2 is 2.29 bits per heavy atom. The number of nitrogens with one attached hydrogen (secondary N) is 1. The minimum atomic E-state index is -0.112. The SMILES string of the molecule is O=C(Cc1csc(-c2cccnc2)n1)Nc1cccc(OCC2CCCO2)c1. The van der Waals surface area contributed by atoms with Gasteiger partial charge in [0.05, 0.1) is 18.2 Å². The van der Waals surface area contributed by atoms with E-state index in [0.717, 1.165) is 41.5 Å². The summed E-state index contributed by atoms with van der Waals surface area (Å²) >= 11 is 1.51. The van der Waals surface area contributed by atoms with Crippen LogP contribution in [0.5, 0.6) is 5.75 Å². The highest BCUT2D eigenvalue weighted by Crippen LogP contribution is 2.23. The van der Waals surface area contributed by atoms with Gasteiger partial charge in [0.2, 0.25) is 5.91 Å². The molecule has 2 aromatic heterocycles. The molecule has 0 spiro atoms. The first-order chi connectivity index (χ1) is 13.8. The lowest BCUT2D eigenvalue weighted by molar-refractivity contribution is -0.115. The summed E-state index contributed by atoms with van der Waals surface area (Å²) in [4.78, 5) is 21.0. The molecule has 4 rings (SSSR count). The molecule has 1 amide bonds. The van der Waals surface area contributed by atoms with Crippen LogP contribution in [0.4, 0.5) is 5.69 Å². The Morgan fingerprint density at radius 3 is 3.11 bits per heavy atom. The number of carbonyl (C=O) groups is 1. The Morgan fingerprint density at radius 1 is 1.32 bits per heavy atom. The lowest BCUT2D eigenvalue weighted by atomic mass is 10.2. The Bertz CT molecular complexity index is 923. The van der Waals surface area contributed by atoms with E-state index in [-0.39, 0.29) is 18.4 Å². The molecule has 0 aliphatic carbocycles. The summed E-state index contributed by atoms with van der Waals surface area (Å²) in [5.74, 6) is 0.611. The van der Waals surface area contributed by atoms with Crippen LogP contribution in [-0.2, 0) is 16.0 Å². The highest BCUT2D eigenvalue weighted by molar-refractivity contribution is 7.13. The van der Waals surface area contributed by atoms with E-state index in [4.69, 9.17) is 9.47 Å². The average molecular weight is 395 g/mol. The van der Waals surface area contributed by atoms with Crippen molar-refractivity contribution in [2.75, 3.05) is 18.5 Å². The number of anilines is 1. The number of nitrogens with zero attached hydrogens (tertiary/aromatic N) is 2. The van der Waals surface area contributed by atoms with E-state index in [1.54, 1.807) is 12.4 Å². The van der Waals surface area contributed by atoms with E-state index in [9.17, 15) is 4.79 Å². The number of rotatable bonds is 7. The minimum Gasteiger partial charge on any atom is -0.491 e. The summed E-state index contributed by atoms with van der Waals surface area (Å²) in [6.07, 6.45) is 6.00. The van der Waals surface area contributed by atoms with Gasteiger partial charge in [-0.3, -0.25) is 9.78 Å². The van der Waals surface area contributed by atoms with Crippen LogP contribution in [0, 0.1) is 0 Å². The van der Waals surface area contributed by atoms with Crippen LogP contribution in [0.25, 0.3) is 10.6 Å². The molecule has 6 nitrogen and oxygen atoms in total. The van der Waals surface area contributed by atoms with Crippen molar-refractivity contribution < 1.29 is 14.3 Å². The molecule has 1 unspecified atom stereocenters. The molecule has 1 atom stereocenters. The Kier molecular flexibility index (Phi) is 5.94. The van der Waals surface area contributed by atoms with Gasteiger partial charge in [-0.25, -0.2) is 4.98 Å². The lowest BCUT2D eigenvalue weighted by Crippen LogP contribution is -2.17. The number of carbonyl (C=O) groups excluding carboxylic acids is 1. The largest absolute Gasteiger partial charge is 0.491 e. The molecule has 1 N–H and O–H groups in total. The van der Waals surface area contributed by atoms with Gasteiger partial charge in [0, 0.05) is 41.7 Å². The smallest absolute Gasteiger partial charge is 0.230 e. The minimum absolute atomic E-state index is 0.112. The van der Waals surface area contributed by atoms with E-state index < -0.39 is 0 Å². The van der Waals surface area contributed by atoms with Gasteiger partial charge in [-0.1, -0.05) is 6.07 Å². The molecule has 0 bridgehead atoms. The third-order valence-corrected chi connectivity index (χ3v) is 5.32. The molecule has 0 saturated carbocycles. The fourth-order valence-electron chi connectivity index (χ4n) is 3.01. The molecule has 1 aliphatic heterocycles. The zero-order chi connectivity index (χ0) is 19.2. The molecular formula is C21H21N3O3S. The fourth-order valence-corrected chi connectivity index (χ4v) is 3.82. The van der Waals surface area contributed by atoms with Gasteiger partial charge in [-0.15, -0.1) is 11.3 Å². The molecule has 1 aliphatic rings. The van der Waals surface area contributed by atoms with Crippen molar-refractivity contribution in [1.82, 2.24) is 9.97 Å². The molecule has 3 aromatic rings. The predicted octanol–water partition coefficient (Wildman–Crippen LogP) is 3.94. The maximum Gasteiger partial charge on any atom is 0.230 e. The van der Waals surface area contributed by atoms with Crippen molar-refractivity contribution in [2.45, 2.75) is 25.4 Å². The summed E-state index contributed by atoms with van der Waals surface area (Å²) in [5, 5.41) is 5.68. The van der Waals surface area contributed by atoms with Gasteiger partial charge in [0.25, 0.3) is 0 Å². The van der Waals surface area contributed by atoms with E-state index in [0.29, 0.717) is 12.3 Å². The summed E-state index contributed by atoms with van der Waals surface area (Å²) in [5.41, 5.74) is 2.40. The number of benzene rings is 1. The standard InChI is InChI=1S/C21H21N3O3S/c25-20(11-17-14-28-21(24-17)15-4-2-8-22-12-15)23-16-5-1-6-18(10-16)27-13-19-7-3-9-26-19/h1-2,4-6,8,10,12,14,19H,3,7,9,11,13H2,(H,23,25). The van der Waals surface area contributed by atoms with Crippen LogP contribution in [0.15, 0.2) is 54.2 Å². The first kappa shape index (κ1) is 18.6. The third kappa shape index (κ3) is 4.94. The van der Waals surface area contributed by atoms with Crippen LogP contribution >= 0.6 is 11.3 Å². The van der Waals surface area contributed by atoms with E-state index in [1.807, 2.05) is 41.8 Å². The summed E-state index contributed by atoms with van der Waals surface area (Å²) in [6, 6.07) is 11.2. The van der Waals surface area contributed by atoms with Gasteiger partial charge >= 0.3 is 0 Å². The van der Waals surface area contributed by atoms with Crippen LogP contribution in [-0.4, -0.2) is 35.2 Å². The summed E-state index contributed by atoms with van der Waals surface area (Å²) < 4.78 is 11.4. The van der Waals surface area contributed by atoms with Crippen LogP contribution in [0.2, 0.25) is 0 Å². The highest BCUT2D eigenvalue weighted by atomic mass is 32.1. The van der Waals surface area contributed by atoms with Gasteiger partial charge in [-0.2, -0.15) is 0 Å². The van der Waals surface area contributed by atoms with Crippen LogP contribution < -0.4 is 10.1 Å². The number of hydrogen-bond acceptors (Lipinski definition) is 6. The first-order valence-electron chi connectivity index (χ1n) is 9.25. The highest BCUT2D eigenvalue weighted by Gasteiger charge is 2.16. The topological polar surface area (TPSA) is 73.3 Å². The van der Waals surface area contributed by atoms with Gasteiger partial charge in [0.15, 0.2) is 0 Å². The van der Waals surface area contributed by atoms with Crippen molar-refractivity contribution >= 4 is 22.9 Å². The summed E-state index contributed by atoms with van der Waals surface area (Å²) in [6.45, 7) is 1.34. The van der Waals surface area contributed by atoms with E-state index in [2.05, 4.69) is 15.3 Å². The lowest BCUT2D eigenvalue weighted by Gasteiger charge is -2.12. The second-order valence-corrected chi connectivity index (χ2v) is 7.44. The Labute approximate surface area is 167 Å². The average Bonchev–Trinajstić information content (AvgIpc) is 3.39. The second kappa shape index (κ2) is 8.95. The Hall–Kier alpha value is -2.77. The quantitative estimate of drug-likeness (QED) is 0.656. The second-order valence-electron chi connectivity index (χ2n) is 6.58. The number of pyridine rings is 1. The third-order valence-electron chi connectivity index (χ3n) is 4.38. The van der Waals surface area contributed by atoms with Gasteiger partial charge in [0.1, 0.15) is 17.4 Å². The fraction of sp³-hybridized carbons (Fsp3) is 0.286. The molecular weight excluding hydrogens is 374 g/mol.